The van der Waals surface area contributed by atoms with Crippen LogP contribution in [0.2, 0.25) is 0 Å². The van der Waals surface area contributed by atoms with Crippen molar-refractivity contribution >= 4 is 5.91 Å². The Balaban J connectivity index is 1.81. The molecule has 2 aromatic carbocycles. The lowest BCUT2D eigenvalue weighted by molar-refractivity contribution is 0.0942. The molecule has 2 N–H and O–H groups in total. The number of aromatic amines is 1. The lowest BCUT2D eigenvalue weighted by Crippen LogP contribution is -2.32. The molecule has 1 heterocycles. The molecular weight excluding hydrogens is 294 g/mol. The molecular formula is C17H15N3O3. The highest BCUT2D eigenvalue weighted by molar-refractivity contribution is 5.91. The molecule has 0 saturated carbocycles. The van der Waals surface area contributed by atoms with Crippen molar-refractivity contribution in [2.75, 3.05) is 6.54 Å². The summed E-state index contributed by atoms with van der Waals surface area (Å²) in [5.74, 6) is -0.579. The van der Waals surface area contributed by atoms with E-state index in [2.05, 4.69) is 15.1 Å². The standard InChI is InChI=1S/C17H15N3O3/c21-16(15-17(22)20-23-19-15)18-11-14(12-7-3-1-4-8-12)13-9-5-2-6-10-13/h1-10,14H,11H2,(H,18,21)(H,20,22). The average Bonchev–Trinajstić information content (AvgIpc) is 3.03. The van der Waals surface area contributed by atoms with E-state index < -0.39 is 11.5 Å². The highest BCUT2D eigenvalue weighted by Crippen LogP contribution is 2.23. The number of rotatable bonds is 5. The second-order valence-corrected chi connectivity index (χ2v) is 5.05. The molecule has 0 bridgehead atoms. The van der Waals surface area contributed by atoms with Gasteiger partial charge in [0.25, 0.3) is 5.91 Å². The lowest BCUT2D eigenvalue weighted by Gasteiger charge is -2.18. The van der Waals surface area contributed by atoms with Gasteiger partial charge in [-0.05, 0) is 16.3 Å². The Labute approximate surface area is 132 Å². The maximum atomic E-state index is 12.0. The highest BCUT2D eigenvalue weighted by atomic mass is 16.6. The van der Waals surface area contributed by atoms with Gasteiger partial charge < -0.3 is 5.32 Å². The van der Waals surface area contributed by atoms with Crippen LogP contribution in [0.25, 0.3) is 0 Å². The first-order valence-electron chi connectivity index (χ1n) is 7.18. The summed E-state index contributed by atoms with van der Waals surface area (Å²) in [6, 6.07) is 19.7. The summed E-state index contributed by atoms with van der Waals surface area (Å²) in [6.45, 7) is 0.346. The third-order valence-electron chi connectivity index (χ3n) is 3.58. The number of H-pyrrole nitrogens is 1. The van der Waals surface area contributed by atoms with E-state index in [9.17, 15) is 9.59 Å². The zero-order valence-electron chi connectivity index (χ0n) is 12.2. The predicted molar refractivity (Wildman–Crippen MR) is 84.2 cm³/mol. The van der Waals surface area contributed by atoms with Crippen LogP contribution in [0.15, 0.2) is 70.1 Å². The van der Waals surface area contributed by atoms with Gasteiger partial charge in [0.2, 0.25) is 5.69 Å². The van der Waals surface area contributed by atoms with Gasteiger partial charge in [-0.1, -0.05) is 60.7 Å². The van der Waals surface area contributed by atoms with Crippen LogP contribution in [0.4, 0.5) is 0 Å². The quantitative estimate of drug-likeness (QED) is 0.753. The van der Waals surface area contributed by atoms with E-state index in [0.29, 0.717) is 6.54 Å². The van der Waals surface area contributed by atoms with Crippen molar-refractivity contribution in [1.82, 2.24) is 15.6 Å². The number of aromatic nitrogens is 2. The molecule has 6 heteroatoms. The molecule has 0 aliphatic rings. The molecule has 116 valence electrons. The third kappa shape index (κ3) is 3.37. The van der Waals surface area contributed by atoms with Gasteiger partial charge >= 0.3 is 5.56 Å². The fourth-order valence-electron chi connectivity index (χ4n) is 2.42. The van der Waals surface area contributed by atoms with E-state index in [4.69, 9.17) is 0 Å². The summed E-state index contributed by atoms with van der Waals surface area (Å²) >= 11 is 0. The van der Waals surface area contributed by atoms with E-state index in [1.165, 1.54) is 0 Å². The van der Waals surface area contributed by atoms with E-state index in [-0.39, 0.29) is 11.6 Å². The number of carbonyl (C=O) groups excluding carboxylic acids is 1. The van der Waals surface area contributed by atoms with Gasteiger partial charge in [0, 0.05) is 12.5 Å². The molecule has 0 aliphatic heterocycles. The van der Waals surface area contributed by atoms with Crippen LogP contribution < -0.4 is 10.9 Å². The molecule has 0 aliphatic carbocycles. The van der Waals surface area contributed by atoms with Crippen molar-refractivity contribution in [3.05, 3.63) is 87.8 Å². The minimum atomic E-state index is -0.640. The van der Waals surface area contributed by atoms with Gasteiger partial charge in [0.05, 0.1) is 0 Å². The zero-order chi connectivity index (χ0) is 16.1. The van der Waals surface area contributed by atoms with E-state index in [1.807, 2.05) is 65.8 Å². The molecule has 0 fully saturated rings. The first-order valence-corrected chi connectivity index (χ1v) is 7.18. The molecule has 0 radical (unpaired) electrons. The minimum absolute atomic E-state index is 0.0210. The molecule has 6 nitrogen and oxygen atoms in total. The molecule has 1 amide bonds. The monoisotopic (exact) mass is 309 g/mol. The summed E-state index contributed by atoms with van der Waals surface area (Å²) in [4.78, 5) is 23.4. The van der Waals surface area contributed by atoms with Gasteiger partial charge in [-0.3, -0.25) is 14.2 Å². The third-order valence-corrected chi connectivity index (χ3v) is 3.58. The van der Waals surface area contributed by atoms with Crippen LogP contribution in [0.1, 0.15) is 27.5 Å². The van der Waals surface area contributed by atoms with Crippen LogP contribution in [0.5, 0.6) is 0 Å². The normalized spacial score (nSPS) is 10.7. The van der Waals surface area contributed by atoms with E-state index in [0.717, 1.165) is 11.1 Å². The second kappa shape index (κ2) is 6.74. The van der Waals surface area contributed by atoms with Crippen LogP contribution in [-0.4, -0.2) is 22.8 Å². The van der Waals surface area contributed by atoms with E-state index in [1.54, 1.807) is 0 Å². The van der Waals surface area contributed by atoms with Gasteiger partial charge in [0.1, 0.15) is 0 Å². The highest BCUT2D eigenvalue weighted by Gasteiger charge is 2.19. The zero-order valence-corrected chi connectivity index (χ0v) is 12.2. The first kappa shape index (κ1) is 14.8. The molecule has 1 aromatic heterocycles. The summed E-state index contributed by atoms with van der Waals surface area (Å²) in [5.41, 5.74) is 1.24. The SMILES string of the molecule is O=C(NCC(c1ccccc1)c1ccccc1)c1no[nH]c1=O. The maximum absolute atomic E-state index is 12.0. The fraction of sp³-hybridized carbons (Fsp3) is 0.118. The molecule has 3 aromatic rings. The van der Waals surface area contributed by atoms with Crippen molar-refractivity contribution in [3.8, 4) is 0 Å². The number of amides is 1. The maximum Gasteiger partial charge on any atom is 0.313 e. The van der Waals surface area contributed by atoms with Gasteiger partial charge in [-0.15, -0.1) is 0 Å². The molecule has 23 heavy (non-hydrogen) atoms. The number of nitrogens with one attached hydrogen (secondary N) is 2. The van der Waals surface area contributed by atoms with Crippen molar-refractivity contribution in [2.45, 2.75) is 5.92 Å². The Kier molecular flexibility index (Phi) is 4.33. The molecule has 0 spiro atoms. The Morgan fingerprint density at radius 3 is 2.09 bits per heavy atom. The average molecular weight is 309 g/mol. The molecule has 0 saturated heterocycles. The number of benzene rings is 2. The Morgan fingerprint density at radius 2 is 1.61 bits per heavy atom. The van der Waals surface area contributed by atoms with Crippen molar-refractivity contribution in [2.24, 2.45) is 0 Å². The van der Waals surface area contributed by atoms with Crippen molar-refractivity contribution in [1.29, 1.82) is 0 Å². The summed E-state index contributed by atoms with van der Waals surface area (Å²) < 4.78 is 4.39. The van der Waals surface area contributed by atoms with Gasteiger partial charge in [-0.25, -0.2) is 0 Å². The summed E-state index contributed by atoms with van der Waals surface area (Å²) in [6.07, 6.45) is 0. The first-order chi connectivity index (χ1) is 11.3. The second-order valence-electron chi connectivity index (χ2n) is 5.05. The smallest absolute Gasteiger partial charge is 0.313 e. The minimum Gasteiger partial charge on any atom is -0.349 e. The molecule has 3 rings (SSSR count). The van der Waals surface area contributed by atoms with Gasteiger partial charge in [-0.2, -0.15) is 5.16 Å². The van der Waals surface area contributed by atoms with E-state index >= 15 is 0 Å². The fourth-order valence-corrected chi connectivity index (χ4v) is 2.42. The predicted octanol–water partition coefficient (Wildman–Crippen LogP) is 1.92. The Morgan fingerprint density at radius 1 is 1.04 bits per heavy atom. The number of hydrogen-bond donors (Lipinski definition) is 2. The lowest BCUT2D eigenvalue weighted by atomic mass is 9.91. The Hall–Kier alpha value is -3.15. The van der Waals surface area contributed by atoms with Crippen LogP contribution >= 0.6 is 0 Å². The number of hydrogen-bond acceptors (Lipinski definition) is 4. The van der Waals surface area contributed by atoms with Crippen LogP contribution in [0.3, 0.4) is 0 Å². The summed E-state index contributed by atoms with van der Waals surface area (Å²) in [5, 5.41) is 8.12. The molecule has 0 atom stereocenters. The molecule has 0 unspecified atom stereocenters. The van der Waals surface area contributed by atoms with Gasteiger partial charge in [0.15, 0.2) is 0 Å². The topological polar surface area (TPSA) is 88.0 Å². The van der Waals surface area contributed by atoms with Crippen molar-refractivity contribution < 1.29 is 9.42 Å². The largest absolute Gasteiger partial charge is 0.349 e. The summed E-state index contributed by atoms with van der Waals surface area (Å²) in [7, 11) is 0. The number of nitrogens with zero attached hydrogens (tertiary/aromatic N) is 1. The van der Waals surface area contributed by atoms with Crippen LogP contribution in [0, 0.1) is 0 Å². The van der Waals surface area contributed by atoms with Crippen molar-refractivity contribution in [3.63, 3.8) is 0 Å². The van der Waals surface area contributed by atoms with Crippen LogP contribution in [-0.2, 0) is 0 Å². The Bertz CT molecular complexity index is 785. The number of carbonyl (C=O) groups is 1.